The summed E-state index contributed by atoms with van der Waals surface area (Å²) in [4.78, 5) is 26.2. The Hall–Kier alpha value is -2.18. The van der Waals surface area contributed by atoms with Gasteiger partial charge in [-0.15, -0.1) is 0 Å². The van der Waals surface area contributed by atoms with Gasteiger partial charge in [0.1, 0.15) is 6.54 Å². The normalized spacial score (nSPS) is 14.2. The molecule has 2 aromatic carbocycles. The van der Waals surface area contributed by atoms with E-state index >= 15 is 0 Å². The highest BCUT2D eigenvalue weighted by atomic mass is 79.9. The summed E-state index contributed by atoms with van der Waals surface area (Å²) < 4.78 is 0.977. The topological polar surface area (TPSA) is 53.0 Å². The van der Waals surface area contributed by atoms with Crippen LogP contribution in [0, 0.1) is 0 Å². The number of hydrogen-bond acceptors (Lipinski definition) is 3. The molecule has 3 rings (SSSR count). The highest BCUT2D eigenvalue weighted by Gasteiger charge is 2.25. The molecule has 26 heavy (non-hydrogen) atoms. The van der Waals surface area contributed by atoms with Gasteiger partial charge in [-0.2, -0.15) is 5.10 Å². The lowest BCUT2D eigenvalue weighted by molar-refractivity contribution is -0.135. The smallest absolute Gasteiger partial charge is 0.248 e. The van der Waals surface area contributed by atoms with Crippen molar-refractivity contribution in [3.63, 3.8) is 0 Å². The maximum Gasteiger partial charge on any atom is 0.248 e. The monoisotopic (exact) mass is 433 g/mol. The van der Waals surface area contributed by atoms with Crippen LogP contribution >= 0.6 is 27.5 Å². The predicted octanol–water partition coefficient (Wildman–Crippen LogP) is 4.09. The number of amides is 2. The highest BCUT2D eigenvalue weighted by Crippen LogP contribution is 2.20. The van der Waals surface area contributed by atoms with Crippen LogP contribution in [0.5, 0.6) is 0 Å². The molecule has 0 spiro atoms. The van der Waals surface area contributed by atoms with E-state index < -0.39 is 0 Å². The number of halogens is 2. The Morgan fingerprint density at radius 3 is 2.46 bits per heavy atom. The quantitative estimate of drug-likeness (QED) is 0.728. The summed E-state index contributed by atoms with van der Waals surface area (Å²) in [6, 6.07) is 14.7. The minimum atomic E-state index is -0.221. The molecule has 0 N–H and O–H groups in total. The molecule has 0 unspecified atom stereocenters. The second-order valence-corrected chi connectivity index (χ2v) is 7.29. The van der Waals surface area contributed by atoms with Crippen molar-refractivity contribution in [1.82, 2.24) is 5.01 Å². The Bertz CT molecular complexity index is 850. The van der Waals surface area contributed by atoms with Gasteiger partial charge in [-0.3, -0.25) is 9.59 Å². The van der Waals surface area contributed by atoms with E-state index in [0.29, 0.717) is 23.6 Å². The van der Waals surface area contributed by atoms with Crippen molar-refractivity contribution in [1.29, 1.82) is 0 Å². The molecule has 7 heteroatoms. The number of likely N-dealkylation sites (N-methyl/N-ethyl adjacent to an activating group) is 1. The van der Waals surface area contributed by atoms with Crippen molar-refractivity contribution < 1.29 is 9.59 Å². The van der Waals surface area contributed by atoms with Gasteiger partial charge in [0.05, 0.1) is 5.71 Å². The molecule has 0 saturated heterocycles. The number of hydrogen-bond donors (Lipinski definition) is 0. The van der Waals surface area contributed by atoms with Crippen LogP contribution in [-0.2, 0) is 9.59 Å². The molecule has 0 fully saturated rings. The van der Waals surface area contributed by atoms with Crippen LogP contribution in [0.15, 0.2) is 58.1 Å². The number of hydrazone groups is 1. The van der Waals surface area contributed by atoms with E-state index in [9.17, 15) is 9.59 Å². The first kappa shape index (κ1) is 18.6. The number of rotatable bonds is 4. The summed E-state index contributed by atoms with van der Waals surface area (Å²) >= 11 is 9.28. The lowest BCUT2D eigenvalue weighted by Crippen LogP contribution is -2.41. The predicted molar refractivity (Wildman–Crippen MR) is 106 cm³/mol. The van der Waals surface area contributed by atoms with Crippen molar-refractivity contribution in [2.45, 2.75) is 12.8 Å². The zero-order chi connectivity index (χ0) is 18.7. The summed E-state index contributed by atoms with van der Waals surface area (Å²) in [6.45, 7) is -0.0992. The van der Waals surface area contributed by atoms with Crippen molar-refractivity contribution in [3.05, 3.63) is 63.6 Å². The largest absolute Gasteiger partial charge is 0.314 e. The third-order valence-corrected chi connectivity index (χ3v) is 4.94. The van der Waals surface area contributed by atoms with Crippen LogP contribution in [0.25, 0.3) is 0 Å². The molecular formula is C19H17BrClN3O2. The zero-order valence-electron chi connectivity index (χ0n) is 14.2. The van der Waals surface area contributed by atoms with Gasteiger partial charge in [0.2, 0.25) is 11.8 Å². The van der Waals surface area contributed by atoms with E-state index in [0.717, 1.165) is 15.7 Å². The SMILES string of the molecule is CN(C(=O)CN1N=C(c2ccc(Br)cc2)CCC1=O)c1ccc(Cl)cc1. The first-order valence-electron chi connectivity index (χ1n) is 8.10. The molecule has 0 bridgehead atoms. The average Bonchev–Trinajstić information content (AvgIpc) is 2.64. The van der Waals surface area contributed by atoms with Crippen LogP contribution < -0.4 is 4.90 Å². The minimum Gasteiger partial charge on any atom is -0.314 e. The molecule has 0 aromatic heterocycles. The van der Waals surface area contributed by atoms with Crippen molar-refractivity contribution in [2.24, 2.45) is 5.10 Å². The summed E-state index contributed by atoms with van der Waals surface area (Å²) in [5.41, 5.74) is 2.46. The molecule has 1 aliphatic heterocycles. The van der Waals surface area contributed by atoms with Crippen LogP contribution in [0.2, 0.25) is 5.02 Å². The first-order valence-corrected chi connectivity index (χ1v) is 9.27. The van der Waals surface area contributed by atoms with Crippen LogP contribution in [0.4, 0.5) is 5.69 Å². The summed E-state index contributed by atoms with van der Waals surface area (Å²) in [7, 11) is 1.67. The van der Waals surface area contributed by atoms with Crippen molar-refractivity contribution in [2.75, 3.05) is 18.5 Å². The number of nitrogens with zero attached hydrogens (tertiary/aromatic N) is 3. The maximum atomic E-state index is 12.6. The lowest BCUT2D eigenvalue weighted by Gasteiger charge is -2.25. The van der Waals surface area contributed by atoms with Gasteiger partial charge in [-0.1, -0.05) is 39.7 Å². The molecule has 0 radical (unpaired) electrons. The van der Waals surface area contributed by atoms with E-state index in [-0.39, 0.29) is 18.4 Å². The van der Waals surface area contributed by atoms with Crippen molar-refractivity contribution >= 4 is 50.7 Å². The number of benzene rings is 2. The Morgan fingerprint density at radius 1 is 1.15 bits per heavy atom. The third kappa shape index (κ3) is 4.31. The van der Waals surface area contributed by atoms with Crippen LogP contribution in [-0.4, -0.2) is 36.1 Å². The molecule has 1 heterocycles. The van der Waals surface area contributed by atoms with Gasteiger partial charge in [-0.05, 0) is 42.0 Å². The zero-order valence-corrected chi connectivity index (χ0v) is 16.5. The molecule has 5 nitrogen and oxygen atoms in total. The molecule has 0 atom stereocenters. The van der Waals surface area contributed by atoms with Gasteiger partial charge in [0.15, 0.2) is 0 Å². The van der Waals surface area contributed by atoms with Gasteiger partial charge in [0.25, 0.3) is 0 Å². The second kappa shape index (κ2) is 8.01. The van der Waals surface area contributed by atoms with Gasteiger partial charge >= 0.3 is 0 Å². The lowest BCUT2D eigenvalue weighted by atomic mass is 10.0. The summed E-state index contributed by atoms with van der Waals surface area (Å²) in [5.74, 6) is -0.370. The van der Waals surface area contributed by atoms with Crippen molar-refractivity contribution in [3.8, 4) is 0 Å². The molecule has 2 aromatic rings. The standard InChI is InChI=1S/C19H17BrClN3O2/c1-23(16-8-6-15(21)7-9-16)19(26)12-24-18(25)11-10-17(22-24)13-2-4-14(20)5-3-13/h2-9H,10-12H2,1H3. The number of anilines is 1. The average molecular weight is 435 g/mol. The maximum absolute atomic E-state index is 12.6. The van der Waals surface area contributed by atoms with E-state index in [1.807, 2.05) is 24.3 Å². The Morgan fingerprint density at radius 2 is 1.81 bits per heavy atom. The van der Waals surface area contributed by atoms with E-state index in [1.165, 1.54) is 9.91 Å². The molecule has 1 aliphatic rings. The molecule has 2 amide bonds. The van der Waals surface area contributed by atoms with Gasteiger partial charge in [0, 0.05) is 35.1 Å². The Balaban J connectivity index is 1.75. The van der Waals surface area contributed by atoms with E-state index in [2.05, 4.69) is 21.0 Å². The second-order valence-electron chi connectivity index (χ2n) is 5.93. The van der Waals surface area contributed by atoms with Gasteiger partial charge in [-0.25, -0.2) is 5.01 Å². The molecule has 0 aliphatic carbocycles. The first-order chi connectivity index (χ1) is 12.4. The van der Waals surface area contributed by atoms with E-state index in [1.54, 1.807) is 31.3 Å². The van der Waals surface area contributed by atoms with E-state index in [4.69, 9.17) is 11.6 Å². The Kier molecular flexibility index (Phi) is 5.74. The Labute approximate surface area is 165 Å². The van der Waals surface area contributed by atoms with Crippen LogP contribution in [0.1, 0.15) is 18.4 Å². The minimum absolute atomic E-state index is 0.0992. The fourth-order valence-corrected chi connectivity index (χ4v) is 3.01. The number of carbonyl (C=O) groups is 2. The fraction of sp³-hybridized carbons (Fsp3) is 0.211. The number of carbonyl (C=O) groups excluding carboxylic acids is 2. The summed E-state index contributed by atoms with van der Waals surface area (Å²) in [6.07, 6.45) is 0.908. The third-order valence-electron chi connectivity index (χ3n) is 4.16. The van der Waals surface area contributed by atoms with Crippen LogP contribution in [0.3, 0.4) is 0 Å². The fourth-order valence-electron chi connectivity index (χ4n) is 2.62. The van der Waals surface area contributed by atoms with Gasteiger partial charge < -0.3 is 4.90 Å². The molecule has 0 saturated carbocycles. The highest BCUT2D eigenvalue weighted by molar-refractivity contribution is 9.10. The molecular weight excluding hydrogens is 418 g/mol. The summed E-state index contributed by atoms with van der Waals surface area (Å²) in [5, 5.41) is 6.27. The molecule has 134 valence electrons.